The first kappa shape index (κ1) is 5.35. The summed E-state index contributed by atoms with van der Waals surface area (Å²) in [6.07, 6.45) is 3.65. The molecule has 0 fully saturated rings. The minimum Gasteiger partial charge on any atom is -0.270 e. The monoisotopic (exact) mass is 109 g/mol. The summed E-state index contributed by atoms with van der Waals surface area (Å²) in [6, 6.07) is 2.13. The number of hydrogen-bond donors (Lipinski definition) is 0. The highest BCUT2D eigenvalue weighted by Gasteiger charge is 1.91. The molecule has 1 radical (unpaired) electrons. The Morgan fingerprint density at radius 2 is 2.50 bits per heavy atom. The number of rotatable bonds is 1. The first-order valence-electron chi connectivity index (χ1n) is 2.63. The van der Waals surface area contributed by atoms with E-state index in [0.717, 1.165) is 0 Å². The van der Waals surface area contributed by atoms with Gasteiger partial charge in [0, 0.05) is 18.4 Å². The van der Waals surface area contributed by atoms with Crippen LogP contribution < -0.4 is 0 Å². The van der Waals surface area contributed by atoms with Crippen LogP contribution in [0.3, 0.4) is 0 Å². The SMILES string of the molecule is [CH2]C(C)n1cccn1. The average molecular weight is 109 g/mol. The van der Waals surface area contributed by atoms with Crippen molar-refractivity contribution < 1.29 is 0 Å². The Labute approximate surface area is 49.1 Å². The maximum atomic E-state index is 3.97. The highest BCUT2D eigenvalue weighted by molar-refractivity contribution is 4.80. The molecule has 0 aliphatic heterocycles. The van der Waals surface area contributed by atoms with Crippen molar-refractivity contribution in [3.63, 3.8) is 0 Å². The van der Waals surface area contributed by atoms with Gasteiger partial charge in [-0.3, -0.25) is 4.68 Å². The minimum atomic E-state index is 0.241. The predicted octanol–water partition coefficient (Wildman–Crippen LogP) is 1.28. The fraction of sp³-hybridized carbons (Fsp3) is 0.333. The molecule has 2 heteroatoms. The lowest BCUT2D eigenvalue weighted by Gasteiger charge is -2.01. The second kappa shape index (κ2) is 1.99. The summed E-state index contributed by atoms with van der Waals surface area (Å²) >= 11 is 0. The van der Waals surface area contributed by atoms with Gasteiger partial charge in [-0.15, -0.1) is 0 Å². The van der Waals surface area contributed by atoms with Crippen LogP contribution in [0.15, 0.2) is 18.5 Å². The molecule has 0 spiro atoms. The largest absolute Gasteiger partial charge is 0.270 e. The molecule has 8 heavy (non-hydrogen) atoms. The normalized spacial score (nSPS) is 10.4. The second-order valence-corrected chi connectivity index (χ2v) is 1.84. The van der Waals surface area contributed by atoms with E-state index in [4.69, 9.17) is 0 Å². The molecule has 0 saturated heterocycles. The maximum Gasteiger partial charge on any atom is 0.0491 e. The van der Waals surface area contributed by atoms with Gasteiger partial charge in [0.05, 0.1) is 0 Å². The lowest BCUT2D eigenvalue weighted by molar-refractivity contribution is 0.577. The predicted molar refractivity (Wildman–Crippen MR) is 32.3 cm³/mol. The van der Waals surface area contributed by atoms with Crippen molar-refractivity contribution in [1.29, 1.82) is 0 Å². The second-order valence-electron chi connectivity index (χ2n) is 1.84. The zero-order chi connectivity index (χ0) is 5.98. The summed E-state index contributed by atoms with van der Waals surface area (Å²) < 4.78 is 1.81. The van der Waals surface area contributed by atoms with Gasteiger partial charge in [0.15, 0.2) is 0 Å². The fourth-order valence-corrected chi connectivity index (χ4v) is 0.541. The van der Waals surface area contributed by atoms with Gasteiger partial charge in [-0.05, 0) is 19.9 Å². The fourth-order valence-electron chi connectivity index (χ4n) is 0.541. The third-order valence-corrected chi connectivity index (χ3v) is 0.976. The molecule has 1 heterocycles. The maximum absolute atomic E-state index is 3.97. The van der Waals surface area contributed by atoms with Crippen molar-refractivity contribution >= 4 is 0 Å². The Bertz CT molecular complexity index is 142. The van der Waals surface area contributed by atoms with Crippen LogP contribution in [-0.4, -0.2) is 9.78 Å². The van der Waals surface area contributed by atoms with Gasteiger partial charge in [-0.2, -0.15) is 5.10 Å². The molecule has 0 amide bonds. The molecule has 1 atom stereocenters. The number of hydrogen-bond acceptors (Lipinski definition) is 1. The summed E-state index contributed by atoms with van der Waals surface area (Å²) in [5, 5.41) is 3.97. The third-order valence-electron chi connectivity index (χ3n) is 0.976. The van der Waals surface area contributed by atoms with Crippen molar-refractivity contribution in [1.82, 2.24) is 9.78 Å². The average Bonchev–Trinajstić information content (AvgIpc) is 2.12. The van der Waals surface area contributed by atoms with Crippen LogP contribution in [0.5, 0.6) is 0 Å². The molecule has 1 aromatic heterocycles. The van der Waals surface area contributed by atoms with Gasteiger partial charge in [-0.1, -0.05) is 0 Å². The van der Waals surface area contributed by atoms with E-state index < -0.39 is 0 Å². The Kier molecular flexibility index (Phi) is 1.33. The molecule has 1 aromatic rings. The topological polar surface area (TPSA) is 17.8 Å². The zero-order valence-corrected chi connectivity index (χ0v) is 4.91. The van der Waals surface area contributed by atoms with Crippen LogP contribution in [0, 0.1) is 6.92 Å². The molecule has 0 aliphatic carbocycles. The summed E-state index contributed by atoms with van der Waals surface area (Å²) in [5.41, 5.74) is 0. The van der Waals surface area contributed by atoms with Crippen LogP contribution in [-0.2, 0) is 0 Å². The van der Waals surface area contributed by atoms with Gasteiger partial charge in [0.2, 0.25) is 0 Å². The molecular formula is C6H9N2. The molecule has 0 aromatic carbocycles. The van der Waals surface area contributed by atoms with Crippen molar-refractivity contribution in [3.05, 3.63) is 25.4 Å². The third kappa shape index (κ3) is 0.886. The van der Waals surface area contributed by atoms with E-state index in [9.17, 15) is 0 Å². The van der Waals surface area contributed by atoms with Crippen LogP contribution in [0.1, 0.15) is 13.0 Å². The lowest BCUT2D eigenvalue weighted by Crippen LogP contribution is -1.99. The van der Waals surface area contributed by atoms with E-state index in [1.807, 2.05) is 19.2 Å². The van der Waals surface area contributed by atoms with Crippen molar-refractivity contribution in [2.45, 2.75) is 13.0 Å². The van der Waals surface area contributed by atoms with E-state index in [1.54, 1.807) is 10.9 Å². The van der Waals surface area contributed by atoms with Gasteiger partial charge in [0.1, 0.15) is 0 Å². The molecule has 0 bridgehead atoms. The standard InChI is InChI=1S/C6H9N2/c1-6(2)8-5-3-4-7-8/h3-6H,1H2,2H3. The van der Waals surface area contributed by atoms with Gasteiger partial charge in [0.25, 0.3) is 0 Å². The number of aromatic nitrogens is 2. The van der Waals surface area contributed by atoms with E-state index >= 15 is 0 Å². The zero-order valence-electron chi connectivity index (χ0n) is 4.91. The first-order valence-corrected chi connectivity index (χ1v) is 2.63. The molecular weight excluding hydrogens is 100 g/mol. The van der Waals surface area contributed by atoms with Crippen molar-refractivity contribution in [2.24, 2.45) is 0 Å². The first-order chi connectivity index (χ1) is 3.80. The van der Waals surface area contributed by atoms with Crippen LogP contribution in [0.4, 0.5) is 0 Å². The highest BCUT2D eigenvalue weighted by Crippen LogP contribution is 1.97. The Morgan fingerprint density at radius 3 is 2.75 bits per heavy atom. The molecule has 1 rings (SSSR count). The highest BCUT2D eigenvalue weighted by atomic mass is 15.3. The van der Waals surface area contributed by atoms with Crippen LogP contribution in [0.25, 0.3) is 0 Å². The van der Waals surface area contributed by atoms with E-state index in [-0.39, 0.29) is 6.04 Å². The van der Waals surface area contributed by atoms with E-state index in [1.165, 1.54) is 0 Å². The molecule has 1 unspecified atom stereocenters. The van der Waals surface area contributed by atoms with E-state index in [0.29, 0.717) is 0 Å². The molecule has 0 saturated carbocycles. The Hall–Kier alpha value is -0.790. The Balaban J connectivity index is 2.77. The Morgan fingerprint density at radius 1 is 1.75 bits per heavy atom. The van der Waals surface area contributed by atoms with Crippen molar-refractivity contribution in [3.8, 4) is 0 Å². The van der Waals surface area contributed by atoms with Gasteiger partial charge in [-0.25, -0.2) is 0 Å². The van der Waals surface area contributed by atoms with Crippen molar-refractivity contribution in [2.75, 3.05) is 0 Å². The lowest BCUT2D eigenvalue weighted by atomic mass is 10.4. The summed E-state index contributed by atoms with van der Waals surface area (Å²) in [4.78, 5) is 0. The van der Waals surface area contributed by atoms with Gasteiger partial charge >= 0.3 is 0 Å². The van der Waals surface area contributed by atoms with Gasteiger partial charge < -0.3 is 0 Å². The quantitative estimate of drug-likeness (QED) is 0.531. The molecule has 0 N–H and O–H groups in total. The molecule has 2 nitrogen and oxygen atoms in total. The molecule has 0 aliphatic rings. The summed E-state index contributed by atoms with van der Waals surface area (Å²) in [7, 11) is 0. The van der Waals surface area contributed by atoms with E-state index in [2.05, 4.69) is 12.0 Å². The smallest absolute Gasteiger partial charge is 0.0491 e. The van der Waals surface area contributed by atoms with Crippen LogP contribution >= 0.6 is 0 Å². The molecule has 43 valence electrons. The minimum absolute atomic E-state index is 0.241. The number of nitrogens with zero attached hydrogens (tertiary/aromatic N) is 2. The van der Waals surface area contributed by atoms with Crippen LogP contribution in [0.2, 0.25) is 0 Å². The summed E-state index contributed by atoms with van der Waals surface area (Å²) in [5.74, 6) is 0. The summed E-state index contributed by atoms with van der Waals surface area (Å²) in [6.45, 7) is 5.77.